The molecule has 2 rings (SSSR count). The molecule has 0 aromatic heterocycles. The van der Waals surface area contributed by atoms with E-state index in [1.807, 2.05) is 18.2 Å². The van der Waals surface area contributed by atoms with Gasteiger partial charge in [-0.2, -0.15) is 0 Å². The van der Waals surface area contributed by atoms with Crippen LogP contribution in [0.1, 0.15) is 34.3 Å². The third-order valence-corrected chi connectivity index (χ3v) is 2.88. The lowest BCUT2D eigenvalue weighted by Crippen LogP contribution is -1.91. The van der Waals surface area contributed by atoms with E-state index in [4.69, 9.17) is 0 Å². The second-order valence-electron chi connectivity index (χ2n) is 3.54. The first kappa shape index (κ1) is 10.4. The predicted octanol–water partition coefficient (Wildman–Crippen LogP) is 2.95. The summed E-state index contributed by atoms with van der Waals surface area (Å²) in [6, 6.07) is 5.95. The minimum Gasteiger partial charge on any atom is -0.294 e. The van der Waals surface area contributed by atoms with Crippen LogP contribution < -0.4 is 0 Å². The van der Waals surface area contributed by atoms with E-state index in [-0.39, 0.29) is 5.78 Å². The van der Waals surface area contributed by atoms with Gasteiger partial charge in [-0.1, -0.05) is 33.8 Å². The molecule has 0 unspecified atom stereocenters. The van der Waals surface area contributed by atoms with Gasteiger partial charge in [0.25, 0.3) is 0 Å². The molecule has 76 valence electrons. The van der Waals surface area contributed by atoms with Crippen LogP contribution >= 0.6 is 15.9 Å². The molecule has 1 aliphatic carbocycles. The molecule has 0 bridgehead atoms. The minimum absolute atomic E-state index is 0.258. The molecule has 0 aliphatic heterocycles. The topological polar surface area (TPSA) is 17.1 Å². The highest BCUT2D eigenvalue weighted by atomic mass is 79.9. The number of carbonyl (C=O) groups is 1. The zero-order valence-corrected chi connectivity index (χ0v) is 9.93. The number of alkyl halides is 1. The lowest BCUT2D eigenvalue weighted by molar-refractivity contribution is 0.0994. The van der Waals surface area contributed by atoms with E-state index in [9.17, 15) is 4.79 Å². The van der Waals surface area contributed by atoms with Crippen LogP contribution in [0.25, 0.3) is 0 Å². The molecule has 1 aromatic rings. The molecule has 1 aromatic carbocycles. The number of hydrogen-bond donors (Lipinski definition) is 0. The molecule has 0 saturated carbocycles. The molecule has 0 saturated heterocycles. The van der Waals surface area contributed by atoms with E-state index in [0.717, 1.165) is 29.3 Å². The van der Waals surface area contributed by atoms with Crippen molar-refractivity contribution in [3.63, 3.8) is 0 Å². The Labute approximate surface area is 98.0 Å². The van der Waals surface area contributed by atoms with Crippen LogP contribution in [0.15, 0.2) is 18.2 Å². The molecule has 0 atom stereocenters. The fourth-order valence-electron chi connectivity index (χ4n) is 1.73. The number of Topliss-reactive ketones (excluding diaryl/α,β-unsaturated/α-hetero) is 1. The van der Waals surface area contributed by atoms with Crippen molar-refractivity contribution in [1.29, 1.82) is 0 Å². The van der Waals surface area contributed by atoms with Gasteiger partial charge in [-0.25, -0.2) is 0 Å². The summed E-state index contributed by atoms with van der Waals surface area (Å²) in [5.41, 5.74) is 3.00. The molecule has 0 heterocycles. The van der Waals surface area contributed by atoms with Crippen LogP contribution in [0.3, 0.4) is 0 Å². The predicted molar refractivity (Wildman–Crippen MR) is 64.4 cm³/mol. The van der Waals surface area contributed by atoms with Crippen molar-refractivity contribution in [2.45, 2.75) is 19.3 Å². The number of halogens is 1. The van der Waals surface area contributed by atoms with Crippen LogP contribution in [-0.2, 0) is 6.42 Å². The van der Waals surface area contributed by atoms with Gasteiger partial charge in [-0.15, -0.1) is 0 Å². The molecule has 0 N–H and O–H groups in total. The molecular weight excluding hydrogens is 252 g/mol. The lowest BCUT2D eigenvalue weighted by Gasteiger charge is -1.97. The first-order chi connectivity index (χ1) is 7.31. The summed E-state index contributed by atoms with van der Waals surface area (Å²) in [7, 11) is 0. The zero-order chi connectivity index (χ0) is 10.7. The Morgan fingerprint density at radius 1 is 1.33 bits per heavy atom. The Morgan fingerprint density at radius 2 is 2.20 bits per heavy atom. The Morgan fingerprint density at radius 3 is 3.00 bits per heavy atom. The third kappa shape index (κ3) is 2.30. The number of fused-ring (bicyclic) bond motifs is 1. The standard InChI is InChI=1S/C13H11BrO/c14-8-2-1-3-10-4-5-11-6-7-13(15)12(11)9-10/h4-5,9H,2,6-8H2. The second-order valence-corrected chi connectivity index (χ2v) is 4.33. The second kappa shape index (κ2) is 4.63. The first-order valence-corrected chi connectivity index (χ1v) is 6.14. The summed E-state index contributed by atoms with van der Waals surface area (Å²) in [6.45, 7) is 0. The van der Waals surface area contributed by atoms with Gasteiger partial charge in [0.05, 0.1) is 0 Å². The molecule has 0 radical (unpaired) electrons. The van der Waals surface area contributed by atoms with Gasteiger partial charge in [-0.05, 0) is 24.1 Å². The van der Waals surface area contributed by atoms with Gasteiger partial charge in [0.1, 0.15) is 0 Å². The van der Waals surface area contributed by atoms with Crippen LogP contribution in [0.2, 0.25) is 0 Å². The SMILES string of the molecule is O=C1CCc2ccc(C#CCCBr)cc21. The van der Waals surface area contributed by atoms with Crippen LogP contribution in [0, 0.1) is 11.8 Å². The lowest BCUT2D eigenvalue weighted by atomic mass is 10.1. The van der Waals surface area contributed by atoms with Gasteiger partial charge >= 0.3 is 0 Å². The average molecular weight is 263 g/mol. The maximum absolute atomic E-state index is 11.5. The van der Waals surface area contributed by atoms with Gasteiger partial charge in [0.15, 0.2) is 5.78 Å². The van der Waals surface area contributed by atoms with Gasteiger partial charge in [-0.3, -0.25) is 4.79 Å². The highest BCUT2D eigenvalue weighted by molar-refractivity contribution is 9.09. The fourth-order valence-corrected chi connectivity index (χ4v) is 1.92. The number of rotatable bonds is 1. The van der Waals surface area contributed by atoms with Crippen LogP contribution in [0.5, 0.6) is 0 Å². The molecule has 1 nitrogen and oxygen atoms in total. The van der Waals surface area contributed by atoms with Crippen molar-refractivity contribution in [1.82, 2.24) is 0 Å². The zero-order valence-electron chi connectivity index (χ0n) is 8.35. The quantitative estimate of drug-likeness (QED) is 0.562. The number of aryl methyl sites for hydroxylation is 1. The van der Waals surface area contributed by atoms with Crippen molar-refractivity contribution in [2.75, 3.05) is 5.33 Å². The Bertz CT molecular complexity index is 451. The molecule has 1 aliphatic rings. The van der Waals surface area contributed by atoms with Gasteiger partial charge < -0.3 is 0 Å². The summed E-state index contributed by atoms with van der Waals surface area (Å²) >= 11 is 3.33. The van der Waals surface area contributed by atoms with E-state index in [1.54, 1.807) is 0 Å². The average Bonchev–Trinajstić information content (AvgIpc) is 2.61. The van der Waals surface area contributed by atoms with E-state index < -0.39 is 0 Å². The van der Waals surface area contributed by atoms with Gasteiger partial charge in [0.2, 0.25) is 0 Å². The normalized spacial score (nSPS) is 13.3. The van der Waals surface area contributed by atoms with Crippen molar-refractivity contribution >= 4 is 21.7 Å². The molecule has 2 heteroatoms. The summed E-state index contributed by atoms with van der Waals surface area (Å²) in [5.74, 6) is 6.37. The number of benzene rings is 1. The number of carbonyl (C=O) groups excluding carboxylic acids is 1. The molecule has 0 spiro atoms. The minimum atomic E-state index is 0.258. The summed E-state index contributed by atoms with van der Waals surface area (Å²) in [6.07, 6.45) is 2.39. The van der Waals surface area contributed by atoms with Crippen LogP contribution in [0.4, 0.5) is 0 Å². The van der Waals surface area contributed by atoms with E-state index in [2.05, 4.69) is 27.8 Å². The maximum Gasteiger partial charge on any atom is 0.163 e. The molecular formula is C13H11BrO. The highest BCUT2D eigenvalue weighted by Gasteiger charge is 2.18. The van der Waals surface area contributed by atoms with E-state index >= 15 is 0 Å². The molecule has 0 fully saturated rings. The van der Waals surface area contributed by atoms with Gasteiger partial charge in [0, 0.05) is 29.3 Å². The Kier molecular flexibility index (Phi) is 3.23. The largest absolute Gasteiger partial charge is 0.294 e. The maximum atomic E-state index is 11.5. The van der Waals surface area contributed by atoms with Crippen LogP contribution in [-0.4, -0.2) is 11.1 Å². The number of hydrogen-bond acceptors (Lipinski definition) is 1. The van der Waals surface area contributed by atoms with Crippen molar-refractivity contribution in [3.8, 4) is 11.8 Å². The Balaban J connectivity index is 2.27. The summed E-state index contributed by atoms with van der Waals surface area (Å²) in [5, 5.41) is 0.893. The molecule has 0 amide bonds. The fraction of sp³-hybridized carbons (Fsp3) is 0.308. The smallest absolute Gasteiger partial charge is 0.163 e. The van der Waals surface area contributed by atoms with E-state index in [0.29, 0.717) is 6.42 Å². The first-order valence-electron chi connectivity index (χ1n) is 5.02. The third-order valence-electron chi connectivity index (χ3n) is 2.48. The molecule has 15 heavy (non-hydrogen) atoms. The van der Waals surface area contributed by atoms with Crippen molar-refractivity contribution in [2.24, 2.45) is 0 Å². The Hall–Kier alpha value is -1.07. The monoisotopic (exact) mass is 262 g/mol. The number of ketones is 1. The van der Waals surface area contributed by atoms with E-state index in [1.165, 1.54) is 5.56 Å². The van der Waals surface area contributed by atoms with Crippen molar-refractivity contribution in [3.05, 3.63) is 34.9 Å². The van der Waals surface area contributed by atoms with Crippen molar-refractivity contribution < 1.29 is 4.79 Å². The summed E-state index contributed by atoms with van der Waals surface area (Å²) < 4.78 is 0. The summed E-state index contributed by atoms with van der Waals surface area (Å²) in [4.78, 5) is 11.5. The highest BCUT2D eigenvalue weighted by Crippen LogP contribution is 2.22.